The number of rotatable bonds is 0. The zero-order valence-corrected chi connectivity index (χ0v) is 6.00. The molecule has 0 saturated carbocycles. The lowest BCUT2D eigenvalue weighted by atomic mass is 10.0. The van der Waals surface area contributed by atoms with Gasteiger partial charge in [0.05, 0.1) is 5.39 Å². The molecule has 2 heterocycles. The van der Waals surface area contributed by atoms with Gasteiger partial charge < -0.3 is 5.73 Å². The van der Waals surface area contributed by atoms with E-state index in [4.69, 9.17) is 5.73 Å². The molecule has 0 fully saturated rings. The Labute approximate surface area is 63.4 Å². The van der Waals surface area contributed by atoms with E-state index in [1.165, 1.54) is 6.33 Å². The van der Waals surface area contributed by atoms with Crippen molar-refractivity contribution in [2.24, 2.45) is 0 Å². The Kier molecular flexibility index (Phi) is 1.09. The van der Waals surface area contributed by atoms with E-state index >= 15 is 0 Å². The zero-order valence-electron chi connectivity index (χ0n) is 6.00. The summed E-state index contributed by atoms with van der Waals surface area (Å²) < 4.78 is 0. The van der Waals surface area contributed by atoms with Crippen molar-refractivity contribution < 1.29 is 0 Å². The highest BCUT2D eigenvalue weighted by molar-refractivity contribution is 6.37. The first-order valence-electron chi connectivity index (χ1n) is 3.20. The highest BCUT2D eigenvalue weighted by Crippen LogP contribution is 2.08. The molecule has 3 N–H and O–H groups in total. The summed E-state index contributed by atoms with van der Waals surface area (Å²) in [6.45, 7) is 0. The summed E-state index contributed by atoms with van der Waals surface area (Å²) in [7, 11) is 1.86. The number of nitrogens with one attached hydrogen (secondary N) is 1. The zero-order chi connectivity index (χ0) is 7.84. The summed E-state index contributed by atoms with van der Waals surface area (Å²) in [6, 6.07) is 0. The van der Waals surface area contributed by atoms with Crippen molar-refractivity contribution in [3.05, 3.63) is 6.33 Å². The molecule has 0 saturated heterocycles. The summed E-state index contributed by atoms with van der Waals surface area (Å²) >= 11 is 0. The van der Waals surface area contributed by atoms with E-state index in [1.807, 2.05) is 7.85 Å². The number of fused-ring (bicyclic) bond motifs is 1. The fraction of sp³-hybridized carbons (Fsp3) is 0. The molecule has 54 valence electrons. The van der Waals surface area contributed by atoms with Crippen molar-refractivity contribution in [2.75, 3.05) is 5.73 Å². The van der Waals surface area contributed by atoms with E-state index in [0.29, 0.717) is 11.5 Å². The third kappa shape index (κ3) is 0.755. The molecule has 0 spiro atoms. The number of nitrogens with zero attached hydrogens (tertiary/aromatic N) is 3. The second-order valence-electron chi connectivity index (χ2n) is 2.29. The Morgan fingerprint density at radius 3 is 3.00 bits per heavy atom. The Morgan fingerprint density at radius 2 is 2.27 bits per heavy atom. The summed E-state index contributed by atoms with van der Waals surface area (Å²) in [5.41, 5.74) is 7.11. The van der Waals surface area contributed by atoms with E-state index in [1.54, 1.807) is 0 Å². The van der Waals surface area contributed by atoms with Gasteiger partial charge in [0, 0.05) is 5.59 Å². The van der Waals surface area contributed by atoms with Crippen LogP contribution in [0.25, 0.3) is 11.0 Å². The van der Waals surface area contributed by atoms with E-state index in [0.717, 1.165) is 11.0 Å². The highest BCUT2D eigenvalue weighted by atomic mass is 15.2. The maximum atomic E-state index is 5.59. The van der Waals surface area contributed by atoms with E-state index in [9.17, 15) is 0 Å². The van der Waals surface area contributed by atoms with Gasteiger partial charge in [-0.25, -0.2) is 9.97 Å². The molecule has 2 aromatic rings. The van der Waals surface area contributed by atoms with Crippen LogP contribution in [-0.4, -0.2) is 28.0 Å². The summed E-state index contributed by atoms with van der Waals surface area (Å²) in [5, 5.41) is 7.51. The minimum absolute atomic E-state index is 0.473. The Balaban J connectivity index is 2.96. The topological polar surface area (TPSA) is 80.5 Å². The Morgan fingerprint density at radius 1 is 1.45 bits per heavy atom. The average Bonchev–Trinajstić information content (AvgIpc) is 2.34. The number of aromatic amines is 1. The molecule has 2 aromatic heterocycles. The second kappa shape index (κ2) is 1.95. The van der Waals surface area contributed by atoms with E-state index < -0.39 is 0 Å². The molecular formula is C5H6BN5. The van der Waals surface area contributed by atoms with Crippen molar-refractivity contribution in [1.29, 1.82) is 0 Å². The molecule has 5 nitrogen and oxygen atoms in total. The minimum Gasteiger partial charge on any atom is -0.383 e. The van der Waals surface area contributed by atoms with Gasteiger partial charge in [0.15, 0.2) is 13.5 Å². The van der Waals surface area contributed by atoms with Crippen molar-refractivity contribution in [3.8, 4) is 0 Å². The maximum absolute atomic E-state index is 5.59. The smallest absolute Gasteiger partial charge is 0.167 e. The van der Waals surface area contributed by atoms with Gasteiger partial charge in [0.25, 0.3) is 0 Å². The molecule has 11 heavy (non-hydrogen) atoms. The SMILES string of the molecule is Bc1n[nH]c2ncnc(N)c12. The van der Waals surface area contributed by atoms with Crippen molar-refractivity contribution in [2.45, 2.75) is 0 Å². The molecule has 0 radical (unpaired) electrons. The van der Waals surface area contributed by atoms with Crippen LogP contribution in [0.15, 0.2) is 6.33 Å². The minimum atomic E-state index is 0.473. The van der Waals surface area contributed by atoms with Crippen LogP contribution in [0, 0.1) is 0 Å². The number of hydrogen-bond acceptors (Lipinski definition) is 4. The van der Waals surface area contributed by atoms with Gasteiger partial charge in [-0.1, -0.05) is 0 Å². The summed E-state index contributed by atoms with van der Waals surface area (Å²) in [4.78, 5) is 7.80. The maximum Gasteiger partial charge on any atom is 0.167 e. The third-order valence-corrected chi connectivity index (χ3v) is 1.57. The molecule has 0 aliphatic carbocycles. The normalized spacial score (nSPS) is 10.5. The molecule has 2 rings (SSSR count). The predicted octanol–water partition coefficient (Wildman–Crippen LogP) is -1.81. The molecular weight excluding hydrogens is 141 g/mol. The van der Waals surface area contributed by atoms with Crippen molar-refractivity contribution in [3.63, 3.8) is 0 Å². The van der Waals surface area contributed by atoms with Gasteiger partial charge in [-0.3, -0.25) is 5.10 Å². The lowest BCUT2D eigenvalue weighted by Gasteiger charge is -1.91. The fourth-order valence-corrected chi connectivity index (χ4v) is 1.03. The van der Waals surface area contributed by atoms with Gasteiger partial charge in [-0.05, 0) is 0 Å². The molecule has 0 aromatic carbocycles. The average molecular weight is 147 g/mol. The standard InChI is InChI=1S/C5H6BN5/c6-3-2-4(7)8-1-9-5(2)11-10-3/h1H,6H2,(H3,7,8,9,10,11). The number of aromatic nitrogens is 4. The van der Waals surface area contributed by atoms with Gasteiger partial charge in [-0.2, -0.15) is 5.10 Å². The molecule has 0 bridgehead atoms. The molecule has 0 unspecified atom stereocenters. The van der Waals surface area contributed by atoms with Crippen LogP contribution in [0.3, 0.4) is 0 Å². The lowest BCUT2D eigenvalue weighted by molar-refractivity contribution is 1.11. The number of anilines is 1. The highest BCUT2D eigenvalue weighted by Gasteiger charge is 2.04. The summed E-state index contributed by atoms with van der Waals surface area (Å²) in [5.74, 6) is 0.473. The van der Waals surface area contributed by atoms with Crippen molar-refractivity contribution in [1.82, 2.24) is 20.2 Å². The predicted molar refractivity (Wildman–Crippen MR) is 44.3 cm³/mol. The first kappa shape index (κ1) is 6.15. The van der Waals surface area contributed by atoms with Gasteiger partial charge in [-0.15, -0.1) is 0 Å². The number of nitrogens with two attached hydrogens (primary N) is 1. The first-order valence-corrected chi connectivity index (χ1v) is 3.20. The lowest BCUT2D eigenvalue weighted by Crippen LogP contribution is -2.06. The molecule has 0 aliphatic heterocycles. The third-order valence-electron chi connectivity index (χ3n) is 1.57. The Bertz CT molecular complexity index is 395. The number of H-pyrrole nitrogens is 1. The molecule has 0 atom stereocenters. The van der Waals surface area contributed by atoms with Crippen LogP contribution in [-0.2, 0) is 0 Å². The summed E-state index contributed by atoms with van der Waals surface area (Å²) in [6.07, 6.45) is 1.41. The van der Waals surface area contributed by atoms with Gasteiger partial charge in [0.1, 0.15) is 12.1 Å². The largest absolute Gasteiger partial charge is 0.383 e. The first-order chi connectivity index (χ1) is 5.29. The van der Waals surface area contributed by atoms with E-state index in [-0.39, 0.29) is 0 Å². The second-order valence-corrected chi connectivity index (χ2v) is 2.29. The quantitative estimate of drug-likeness (QED) is 0.430. The van der Waals surface area contributed by atoms with Crippen LogP contribution in [0.5, 0.6) is 0 Å². The monoisotopic (exact) mass is 147 g/mol. The van der Waals surface area contributed by atoms with Crippen LogP contribution < -0.4 is 11.3 Å². The van der Waals surface area contributed by atoms with Crippen LogP contribution in [0.4, 0.5) is 5.82 Å². The van der Waals surface area contributed by atoms with Crippen LogP contribution in [0.2, 0.25) is 0 Å². The Hall–Kier alpha value is -1.59. The fourth-order valence-electron chi connectivity index (χ4n) is 1.03. The number of hydrogen-bond donors (Lipinski definition) is 2. The van der Waals surface area contributed by atoms with Crippen LogP contribution >= 0.6 is 0 Å². The molecule has 0 aliphatic rings. The molecule has 0 amide bonds. The van der Waals surface area contributed by atoms with Gasteiger partial charge in [0.2, 0.25) is 0 Å². The van der Waals surface area contributed by atoms with Gasteiger partial charge >= 0.3 is 0 Å². The number of nitrogen functional groups attached to an aromatic ring is 1. The van der Waals surface area contributed by atoms with Crippen molar-refractivity contribution >= 4 is 30.3 Å². The van der Waals surface area contributed by atoms with Crippen LogP contribution in [0.1, 0.15) is 0 Å². The molecule has 6 heteroatoms. The van der Waals surface area contributed by atoms with E-state index in [2.05, 4.69) is 20.2 Å².